The van der Waals surface area contributed by atoms with Crippen molar-refractivity contribution >= 4 is 28.1 Å². The fourth-order valence-corrected chi connectivity index (χ4v) is 2.75. The van der Waals surface area contributed by atoms with Crippen LogP contribution in [-0.2, 0) is 0 Å². The van der Waals surface area contributed by atoms with Gasteiger partial charge in [0.1, 0.15) is 11.5 Å². The zero-order chi connectivity index (χ0) is 15.0. The van der Waals surface area contributed by atoms with Crippen molar-refractivity contribution in [2.45, 2.75) is 6.92 Å². The topological polar surface area (TPSA) is 46.5 Å². The number of benzene rings is 1. The lowest BCUT2D eigenvalue weighted by Gasteiger charge is -2.10. The van der Waals surface area contributed by atoms with Crippen molar-refractivity contribution in [1.82, 2.24) is 19.7 Å². The molecule has 4 nitrogen and oxygen atoms in total. The van der Waals surface area contributed by atoms with Crippen LogP contribution in [0.4, 0.5) is 4.39 Å². The third-order valence-corrected chi connectivity index (χ3v) is 3.93. The molecule has 1 aromatic carbocycles. The van der Waals surface area contributed by atoms with Crippen molar-refractivity contribution in [3.63, 3.8) is 0 Å². The molecule has 3 aromatic rings. The predicted octanol–water partition coefficient (Wildman–Crippen LogP) is 4.20. The Bertz CT molecular complexity index is 857. The normalized spacial score (nSPS) is 10.8. The fraction of sp³-hybridized carbons (Fsp3) is 0.0714. The Morgan fingerprint density at radius 3 is 2.86 bits per heavy atom. The van der Waals surface area contributed by atoms with Gasteiger partial charge in [-0.1, -0.05) is 6.07 Å². The molecule has 0 bridgehead atoms. The molecular weight excluding hydrogens is 355 g/mol. The van der Waals surface area contributed by atoms with E-state index in [9.17, 15) is 4.39 Å². The third kappa shape index (κ3) is 2.54. The number of nitrogens with zero attached hydrogens (tertiary/aromatic N) is 3. The summed E-state index contributed by atoms with van der Waals surface area (Å²) in [5.74, 6) is 0.191. The molecule has 7 heteroatoms. The van der Waals surface area contributed by atoms with Gasteiger partial charge < -0.3 is 0 Å². The summed E-state index contributed by atoms with van der Waals surface area (Å²) in [7, 11) is 0. The van der Waals surface area contributed by atoms with Crippen LogP contribution < -0.4 is 0 Å². The number of hydrogen-bond acceptors (Lipinski definition) is 3. The first-order chi connectivity index (χ1) is 10.1. The number of hydrogen-bond donors (Lipinski definition) is 1. The summed E-state index contributed by atoms with van der Waals surface area (Å²) in [5, 5.41) is 6.94. The Morgan fingerprint density at radius 2 is 2.14 bits per heavy atom. The number of H-pyrrole nitrogens is 1. The van der Waals surface area contributed by atoms with Gasteiger partial charge in [0.25, 0.3) is 0 Å². The minimum Gasteiger partial charge on any atom is -0.266 e. The van der Waals surface area contributed by atoms with E-state index in [-0.39, 0.29) is 5.82 Å². The average Bonchev–Trinajstić information content (AvgIpc) is 2.85. The van der Waals surface area contributed by atoms with E-state index >= 15 is 0 Å². The van der Waals surface area contributed by atoms with E-state index in [0.717, 1.165) is 5.56 Å². The van der Waals surface area contributed by atoms with Crippen molar-refractivity contribution in [2.24, 2.45) is 0 Å². The maximum atomic E-state index is 13.9. The average molecular weight is 365 g/mol. The molecule has 2 aromatic heterocycles. The second kappa shape index (κ2) is 5.50. The van der Waals surface area contributed by atoms with Crippen LogP contribution in [0.25, 0.3) is 17.2 Å². The van der Waals surface area contributed by atoms with E-state index in [2.05, 4.69) is 31.1 Å². The Kier molecular flexibility index (Phi) is 3.69. The first-order valence-corrected chi connectivity index (χ1v) is 7.33. The van der Waals surface area contributed by atoms with Crippen molar-refractivity contribution < 1.29 is 4.39 Å². The molecule has 0 fully saturated rings. The zero-order valence-electron chi connectivity index (χ0n) is 11.0. The van der Waals surface area contributed by atoms with Gasteiger partial charge in [-0.25, -0.2) is 4.39 Å². The molecule has 0 saturated carbocycles. The lowest BCUT2D eigenvalue weighted by Crippen LogP contribution is -2.02. The highest BCUT2D eigenvalue weighted by Gasteiger charge is 2.15. The maximum Gasteiger partial charge on any atom is 0.200 e. The van der Waals surface area contributed by atoms with Gasteiger partial charge >= 0.3 is 0 Å². The number of aromatic amines is 1. The van der Waals surface area contributed by atoms with Gasteiger partial charge in [0.2, 0.25) is 0 Å². The second-order valence-corrected chi connectivity index (χ2v) is 5.70. The van der Waals surface area contributed by atoms with Gasteiger partial charge in [0, 0.05) is 6.20 Å². The summed E-state index contributed by atoms with van der Waals surface area (Å²) >= 11 is 8.45. The highest BCUT2D eigenvalue weighted by atomic mass is 79.9. The highest BCUT2D eigenvalue weighted by Crippen LogP contribution is 2.26. The number of rotatable bonds is 2. The van der Waals surface area contributed by atoms with Gasteiger partial charge in [0.15, 0.2) is 10.6 Å². The standard InChI is InChI=1S/C14H10BrFN4S/c1-8-6-9(15)10(16)7-12(8)20-13(18-19-14(20)21)11-4-2-3-5-17-11/h2-7H,1H3,(H,19,21). The van der Waals surface area contributed by atoms with E-state index in [1.807, 2.05) is 25.1 Å². The summed E-state index contributed by atoms with van der Waals surface area (Å²) < 4.78 is 16.4. The van der Waals surface area contributed by atoms with Crippen LogP contribution in [0.5, 0.6) is 0 Å². The molecular formula is C14H10BrFN4S. The minimum absolute atomic E-state index is 0.356. The van der Waals surface area contributed by atoms with Gasteiger partial charge in [0.05, 0.1) is 10.2 Å². The molecule has 0 aliphatic rings. The Labute approximate surface area is 133 Å². The van der Waals surface area contributed by atoms with E-state index in [0.29, 0.717) is 26.4 Å². The Balaban J connectivity index is 2.27. The van der Waals surface area contributed by atoms with Crippen LogP contribution in [0.3, 0.4) is 0 Å². The van der Waals surface area contributed by atoms with Crippen molar-refractivity contribution in [3.05, 3.63) is 57.2 Å². The first kappa shape index (κ1) is 14.1. The smallest absolute Gasteiger partial charge is 0.200 e. The van der Waals surface area contributed by atoms with Crippen LogP contribution >= 0.6 is 28.1 Å². The molecule has 21 heavy (non-hydrogen) atoms. The molecule has 0 aliphatic heterocycles. The van der Waals surface area contributed by atoms with E-state index in [1.165, 1.54) is 6.07 Å². The summed E-state index contributed by atoms with van der Waals surface area (Å²) in [6.45, 7) is 1.89. The predicted molar refractivity (Wildman–Crippen MR) is 84.4 cm³/mol. The van der Waals surface area contributed by atoms with Gasteiger partial charge in [-0.3, -0.25) is 14.6 Å². The highest BCUT2D eigenvalue weighted by molar-refractivity contribution is 9.10. The number of pyridine rings is 1. The Hall–Kier alpha value is -1.86. The molecule has 2 heterocycles. The summed E-state index contributed by atoms with van der Waals surface area (Å²) in [6.07, 6.45) is 1.67. The lowest BCUT2D eigenvalue weighted by molar-refractivity contribution is 0.619. The molecule has 0 saturated heterocycles. The SMILES string of the molecule is Cc1cc(Br)c(F)cc1-n1c(-c2ccccn2)n[nH]c1=S. The maximum absolute atomic E-state index is 13.9. The molecule has 0 aliphatic carbocycles. The van der Waals surface area contributed by atoms with Crippen LogP contribution in [0, 0.1) is 17.5 Å². The van der Waals surface area contributed by atoms with Crippen molar-refractivity contribution in [1.29, 1.82) is 0 Å². The lowest BCUT2D eigenvalue weighted by atomic mass is 10.2. The summed E-state index contributed by atoms with van der Waals surface area (Å²) in [5.41, 5.74) is 2.17. The summed E-state index contributed by atoms with van der Waals surface area (Å²) in [6, 6.07) is 8.64. The molecule has 3 rings (SSSR count). The van der Waals surface area contributed by atoms with Crippen LogP contribution in [-0.4, -0.2) is 19.7 Å². The molecule has 0 unspecified atom stereocenters. The number of aromatic nitrogens is 4. The van der Waals surface area contributed by atoms with E-state index in [4.69, 9.17) is 12.2 Å². The fourth-order valence-electron chi connectivity index (χ4n) is 2.06. The second-order valence-electron chi connectivity index (χ2n) is 4.46. The number of nitrogens with one attached hydrogen (secondary N) is 1. The van der Waals surface area contributed by atoms with Gasteiger partial charge in [-0.2, -0.15) is 5.10 Å². The van der Waals surface area contributed by atoms with Gasteiger partial charge in [-0.05, 0) is 64.9 Å². The minimum atomic E-state index is -0.356. The van der Waals surface area contributed by atoms with Crippen LogP contribution in [0.2, 0.25) is 0 Å². The van der Waals surface area contributed by atoms with Crippen LogP contribution in [0.1, 0.15) is 5.56 Å². The van der Waals surface area contributed by atoms with E-state index in [1.54, 1.807) is 16.8 Å². The van der Waals surface area contributed by atoms with Gasteiger partial charge in [-0.15, -0.1) is 0 Å². The first-order valence-electron chi connectivity index (χ1n) is 6.13. The van der Waals surface area contributed by atoms with E-state index < -0.39 is 0 Å². The van der Waals surface area contributed by atoms with Crippen molar-refractivity contribution in [3.8, 4) is 17.2 Å². The third-order valence-electron chi connectivity index (χ3n) is 3.05. The largest absolute Gasteiger partial charge is 0.266 e. The molecule has 0 atom stereocenters. The molecule has 0 radical (unpaired) electrons. The van der Waals surface area contributed by atoms with Crippen LogP contribution in [0.15, 0.2) is 41.0 Å². The molecule has 0 spiro atoms. The molecule has 0 amide bonds. The number of aryl methyl sites for hydroxylation is 1. The quantitative estimate of drug-likeness (QED) is 0.693. The Morgan fingerprint density at radius 1 is 1.33 bits per heavy atom. The van der Waals surface area contributed by atoms with Crippen molar-refractivity contribution in [2.75, 3.05) is 0 Å². The molecule has 1 N–H and O–H groups in total. The number of halogens is 2. The molecule has 106 valence electrons. The summed E-state index contributed by atoms with van der Waals surface area (Å²) in [4.78, 5) is 4.27. The zero-order valence-corrected chi connectivity index (χ0v) is 13.4. The monoisotopic (exact) mass is 364 g/mol.